The predicted octanol–water partition coefficient (Wildman–Crippen LogP) is 5.55. The Kier molecular flexibility index (Phi) is 7.27. The molecule has 1 aliphatic heterocycles. The van der Waals surface area contributed by atoms with Crippen LogP contribution in [0.1, 0.15) is 12.0 Å². The number of rotatable bonds is 7. The van der Waals surface area contributed by atoms with E-state index < -0.39 is 42.2 Å². The zero-order chi connectivity index (χ0) is 29.7. The van der Waals surface area contributed by atoms with Crippen molar-refractivity contribution >= 4 is 27.2 Å². The van der Waals surface area contributed by atoms with Gasteiger partial charge in [-0.3, -0.25) is 14.3 Å². The summed E-state index contributed by atoms with van der Waals surface area (Å²) in [5.74, 6) is -0.701. The Hall–Kier alpha value is -3.98. The second-order valence-electron chi connectivity index (χ2n) is 9.31. The van der Waals surface area contributed by atoms with E-state index in [1.807, 2.05) is 4.98 Å². The molecule has 1 saturated heterocycles. The fourth-order valence-electron chi connectivity index (χ4n) is 4.36. The number of aromatic nitrogens is 2. The van der Waals surface area contributed by atoms with Gasteiger partial charge in [-0.15, -0.1) is 24.5 Å². The van der Waals surface area contributed by atoms with E-state index in [-0.39, 0.29) is 37.7 Å². The molecule has 0 unspecified atom stereocenters. The van der Waals surface area contributed by atoms with E-state index in [4.69, 9.17) is 4.74 Å². The second kappa shape index (κ2) is 10.4. The molecule has 1 aliphatic rings. The number of aryl methyl sites for hydroxylation is 1. The van der Waals surface area contributed by atoms with Crippen LogP contribution in [-0.2, 0) is 6.54 Å². The standard InChI is InChI=1S/C26H21F6N3O5S/c1-13-20-22(37)33-24(38)35(12-19(36)25(27,28)29)23(20)41-21(13)14-3-8-17(18(11-14)40-26(30,31)32)39-16-6-4-15(5-7-16)34-9-2-10-34/h3-8,11,19,36H,2,9-10,12H2,1H3,(H,33,37,38)/t19-/m1/s1. The third-order valence-electron chi connectivity index (χ3n) is 6.52. The Morgan fingerprint density at radius 3 is 2.29 bits per heavy atom. The summed E-state index contributed by atoms with van der Waals surface area (Å²) < 4.78 is 89.4. The number of ether oxygens (including phenoxy) is 2. The molecule has 1 atom stereocenters. The van der Waals surface area contributed by atoms with E-state index in [1.165, 1.54) is 19.1 Å². The van der Waals surface area contributed by atoms with Gasteiger partial charge in [0, 0.05) is 23.7 Å². The van der Waals surface area contributed by atoms with Gasteiger partial charge < -0.3 is 19.5 Å². The maximum Gasteiger partial charge on any atom is 0.573 e. The monoisotopic (exact) mass is 601 g/mol. The second-order valence-corrected chi connectivity index (χ2v) is 10.3. The molecule has 0 aliphatic carbocycles. The van der Waals surface area contributed by atoms with Crippen molar-refractivity contribution in [3.63, 3.8) is 0 Å². The summed E-state index contributed by atoms with van der Waals surface area (Å²) >= 11 is 0.715. The number of hydrogen-bond donors (Lipinski definition) is 2. The van der Waals surface area contributed by atoms with Crippen LogP contribution >= 0.6 is 11.3 Å². The highest BCUT2D eigenvalue weighted by atomic mass is 32.1. The minimum absolute atomic E-state index is 0.123. The molecule has 0 spiro atoms. The summed E-state index contributed by atoms with van der Waals surface area (Å²) in [5.41, 5.74) is -0.796. The molecule has 4 aromatic rings. The number of halogens is 6. The molecule has 0 amide bonds. The Labute approximate surface area is 231 Å². The quantitative estimate of drug-likeness (QED) is 0.270. The molecule has 2 aromatic carbocycles. The highest BCUT2D eigenvalue weighted by Crippen LogP contribution is 2.43. The number of anilines is 1. The maximum absolute atomic E-state index is 13.3. The Morgan fingerprint density at radius 1 is 1.02 bits per heavy atom. The lowest BCUT2D eigenvalue weighted by molar-refractivity contribution is -0.275. The first-order valence-corrected chi connectivity index (χ1v) is 13.0. The van der Waals surface area contributed by atoms with E-state index in [9.17, 15) is 41.0 Å². The first-order chi connectivity index (χ1) is 19.2. The van der Waals surface area contributed by atoms with Gasteiger partial charge in [0.15, 0.2) is 17.6 Å². The van der Waals surface area contributed by atoms with Crippen LogP contribution in [-0.4, -0.2) is 46.4 Å². The van der Waals surface area contributed by atoms with Crippen molar-refractivity contribution in [2.45, 2.75) is 38.5 Å². The Morgan fingerprint density at radius 2 is 1.71 bits per heavy atom. The average molecular weight is 602 g/mol. The van der Waals surface area contributed by atoms with Gasteiger partial charge in [0.25, 0.3) is 5.56 Å². The van der Waals surface area contributed by atoms with Crippen molar-refractivity contribution in [2.75, 3.05) is 18.0 Å². The number of nitrogens with zero attached hydrogens (tertiary/aromatic N) is 2. The smallest absolute Gasteiger partial charge is 0.453 e. The van der Waals surface area contributed by atoms with Gasteiger partial charge in [-0.1, -0.05) is 0 Å². The van der Waals surface area contributed by atoms with Gasteiger partial charge in [-0.25, -0.2) is 4.79 Å². The number of fused-ring (bicyclic) bond motifs is 1. The molecule has 41 heavy (non-hydrogen) atoms. The zero-order valence-electron chi connectivity index (χ0n) is 21.1. The molecule has 3 heterocycles. The molecule has 15 heteroatoms. The summed E-state index contributed by atoms with van der Waals surface area (Å²) in [6, 6.07) is 10.4. The SMILES string of the molecule is Cc1c(-c2ccc(Oc3ccc(N4CCC4)cc3)c(OC(F)(F)F)c2)sc2c1c(=O)[nH]c(=O)n2C[C@@H](O)C(F)(F)F. The summed E-state index contributed by atoms with van der Waals surface area (Å²) in [7, 11) is 0. The molecule has 2 N–H and O–H groups in total. The maximum atomic E-state index is 13.3. The van der Waals surface area contributed by atoms with Gasteiger partial charge in [-0.2, -0.15) is 13.2 Å². The third kappa shape index (κ3) is 5.91. The van der Waals surface area contributed by atoms with Gasteiger partial charge >= 0.3 is 18.2 Å². The first-order valence-electron chi connectivity index (χ1n) is 12.2. The highest BCUT2D eigenvalue weighted by molar-refractivity contribution is 7.22. The average Bonchev–Trinajstić information content (AvgIpc) is 3.18. The Balaban J connectivity index is 1.55. The molecule has 0 bridgehead atoms. The zero-order valence-corrected chi connectivity index (χ0v) is 21.9. The number of aliphatic hydroxyl groups excluding tert-OH is 1. The van der Waals surface area contributed by atoms with E-state index in [1.54, 1.807) is 24.3 Å². The number of aliphatic hydroxyl groups is 1. The normalized spacial score (nSPS) is 14.7. The number of hydrogen-bond acceptors (Lipinski definition) is 7. The highest BCUT2D eigenvalue weighted by Gasteiger charge is 2.39. The van der Waals surface area contributed by atoms with Crippen molar-refractivity contribution in [3.05, 3.63) is 68.9 Å². The van der Waals surface area contributed by atoms with E-state index in [0.29, 0.717) is 15.9 Å². The van der Waals surface area contributed by atoms with Crippen molar-refractivity contribution in [3.8, 4) is 27.7 Å². The molecular formula is C26H21F6N3O5S. The van der Waals surface area contributed by atoms with Crippen molar-refractivity contribution in [1.82, 2.24) is 9.55 Å². The Bertz CT molecular complexity index is 1700. The van der Waals surface area contributed by atoms with Gasteiger partial charge in [0.05, 0.1) is 11.9 Å². The van der Waals surface area contributed by atoms with Crippen LogP contribution < -0.4 is 25.6 Å². The van der Waals surface area contributed by atoms with Crippen LogP contribution in [0.3, 0.4) is 0 Å². The lowest BCUT2D eigenvalue weighted by atomic mass is 10.1. The van der Waals surface area contributed by atoms with Gasteiger partial charge in [0.2, 0.25) is 0 Å². The fraction of sp³-hybridized carbons (Fsp3) is 0.308. The summed E-state index contributed by atoms with van der Waals surface area (Å²) in [4.78, 5) is 29.0. The van der Waals surface area contributed by atoms with E-state index in [0.717, 1.165) is 31.3 Å². The van der Waals surface area contributed by atoms with Crippen LogP contribution in [0.2, 0.25) is 0 Å². The summed E-state index contributed by atoms with van der Waals surface area (Å²) in [6.07, 6.45) is -11.9. The van der Waals surface area contributed by atoms with Crippen LogP contribution in [0.5, 0.6) is 17.2 Å². The van der Waals surface area contributed by atoms with Crippen molar-refractivity contribution < 1.29 is 40.9 Å². The fourth-order valence-corrected chi connectivity index (χ4v) is 5.67. The largest absolute Gasteiger partial charge is 0.573 e. The molecule has 1 fully saturated rings. The number of H-pyrrole nitrogens is 1. The molecule has 0 radical (unpaired) electrons. The number of alkyl halides is 6. The summed E-state index contributed by atoms with van der Waals surface area (Å²) in [5, 5.41) is 9.39. The minimum atomic E-state index is -5.08. The van der Waals surface area contributed by atoms with Crippen LogP contribution in [0.4, 0.5) is 32.0 Å². The van der Waals surface area contributed by atoms with E-state index in [2.05, 4.69) is 9.64 Å². The molecule has 2 aromatic heterocycles. The lowest BCUT2D eigenvalue weighted by Gasteiger charge is -2.33. The molecule has 5 rings (SSSR count). The first kappa shape index (κ1) is 28.5. The summed E-state index contributed by atoms with van der Waals surface area (Å²) in [6.45, 7) is 2.06. The third-order valence-corrected chi connectivity index (χ3v) is 7.88. The molecule has 218 valence electrons. The predicted molar refractivity (Wildman–Crippen MR) is 139 cm³/mol. The molecular weight excluding hydrogens is 580 g/mol. The lowest BCUT2D eigenvalue weighted by Crippen LogP contribution is -2.38. The van der Waals surface area contributed by atoms with E-state index >= 15 is 0 Å². The molecule has 8 nitrogen and oxygen atoms in total. The minimum Gasteiger partial charge on any atom is -0.453 e. The molecule has 0 saturated carbocycles. The van der Waals surface area contributed by atoms with Crippen LogP contribution in [0.25, 0.3) is 20.7 Å². The van der Waals surface area contributed by atoms with Gasteiger partial charge in [-0.05, 0) is 66.9 Å². The number of nitrogens with one attached hydrogen (secondary N) is 1. The van der Waals surface area contributed by atoms with Crippen LogP contribution in [0.15, 0.2) is 52.1 Å². The van der Waals surface area contributed by atoms with Gasteiger partial charge in [0.1, 0.15) is 10.6 Å². The van der Waals surface area contributed by atoms with Crippen LogP contribution in [0, 0.1) is 6.92 Å². The number of aromatic amines is 1. The van der Waals surface area contributed by atoms with Crippen molar-refractivity contribution in [2.24, 2.45) is 0 Å². The number of thiophene rings is 1. The topological polar surface area (TPSA) is 96.8 Å². The van der Waals surface area contributed by atoms with Crippen molar-refractivity contribution in [1.29, 1.82) is 0 Å². The number of benzene rings is 2.